The second kappa shape index (κ2) is 13.0. The van der Waals surface area contributed by atoms with E-state index in [1.807, 2.05) is 18.2 Å². The highest BCUT2D eigenvalue weighted by Gasteiger charge is 2.30. The van der Waals surface area contributed by atoms with E-state index in [-0.39, 0.29) is 33.8 Å². The standard InChI is InChI=1S/C29H28BrFN6O2/c30-24-18-23(10-11-25(24)31)35-28(34-21-4-2-1-3-5-21)27(38)20-13-16-37(17-14-20)29(39)36-22-8-6-19(7-9-22)26(33)12-15-32/h1-12,15,18,20,33H,13-14,16-17,32H2,(H,34,35)(H,36,39)/b15-12-,33-26?. The monoisotopic (exact) mass is 590 g/mol. The summed E-state index contributed by atoms with van der Waals surface area (Å²) in [7, 11) is 0. The molecule has 1 heterocycles. The van der Waals surface area contributed by atoms with E-state index in [9.17, 15) is 14.0 Å². The molecule has 1 aliphatic heterocycles. The van der Waals surface area contributed by atoms with Gasteiger partial charge in [-0.1, -0.05) is 30.3 Å². The quantitative estimate of drug-likeness (QED) is 0.196. The minimum absolute atomic E-state index is 0.163. The zero-order valence-electron chi connectivity index (χ0n) is 21.0. The zero-order valence-corrected chi connectivity index (χ0v) is 22.6. The van der Waals surface area contributed by atoms with Crippen molar-refractivity contribution in [1.29, 1.82) is 5.41 Å². The second-order valence-electron chi connectivity index (χ2n) is 8.96. The summed E-state index contributed by atoms with van der Waals surface area (Å²) in [5.74, 6) is -0.728. The van der Waals surface area contributed by atoms with Crippen molar-refractivity contribution < 1.29 is 14.0 Å². The summed E-state index contributed by atoms with van der Waals surface area (Å²) >= 11 is 3.18. The van der Waals surface area contributed by atoms with Crippen LogP contribution in [0.25, 0.3) is 0 Å². The minimum atomic E-state index is -0.404. The summed E-state index contributed by atoms with van der Waals surface area (Å²) in [5.41, 5.74) is 8.06. The van der Waals surface area contributed by atoms with Crippen molar-refractivity contribution in [3.05, 3.63) is 101 Å². The van der Waals surface area contributed by atoms with Gasteiger partial charge in [-0.2, -0.15) is 0 Å². The second-order valence-corrected chi connectivity index (χ2v) is 9.81. The summed E-state index contributed by atoms with van der Waals surface area (Å²) in [6.07, 6.45) is 3.76. The molecule has 1 saturated heterocycles. The number of rotatable bonds is 7. The summed E-state index contributed by atoms with van der Waals surface area (Å²) in [6, 6.07) is 20.2. The molecule has 2 amide bonds. The Kier molecular flexibility index (Phi) is 9.22. The molecule has 0 unspecified atom stereocenters. The lowest BCUT2D eigenvalue weighted by molar-refractivity contribution is -0.117. The molecule has 0 bridgehead atoms. The largest absolute Gasteiger partial charge is 0.405 e. The Morgan fingerprint density at radius 2 is 1.67 bits per heavy atom. The number of urea groups is 1. The van der Waals surface area contributed by atoms with Gasteiger partial charge in [0.1, 0.15) is 5.82 Å². The van der Waals surface area contributed by atoms with Gasteiger partial charge in [-0.3, -0.25) is 4.79 Å². The van der Waals surface area contributed by atoms with Crippen molar-refractivity contribution in [2.75, 3.05) is 23.7 Å². The summed E-state index contributed by atoms with van der Waals surface area (Å²) in [6.45, 7) is 0.819. The van der Waals surface area contributed by atoms with Gasteiger partial charge in [0, 0.05) is 30.4 Å². The molecule has 0 aliphatic carbocycles. The average molecular weight is 591 g/mol. The molecule has 8 nitrogen and oxygen atoms in total. The Morgan fingerprint density at radius 3 is 2.31 bits per heavy atom. The van der Waals surface area contributed by atoms with Crippen LogP contribution in [0.3, 0.4) is 0 Å². The van der Waals surface area contributed by atoms with Gasteiger partial charge in [0.05, 0.1) is 15.9 Å². The summed E-state index contributed by atoms with van der Waals surface area (Å²) in [5, 5.41) is 13.8. The first-order valence-electron chi connectivity index (χ1n) is 12.4. The number of anilines is 2. The fraction of sp³-hybridized carbons (Fsp3) is 0.172. The number of ketones is 1. The third kappa shape index (κ3) is 7.38. The third-order valence-corrected chi connectivity index (χ3v) is 6.88. The van der Waals surface area contributed by atoms with E-state index >= 15 is 0 Å². The molecule has 0 radical (unpaired) electrons. The van der Waals surface area contributed by atoms with Gasteiger partial charge >= 0.3 is 6.03 Å². The number of amidine groups is 1. The van der Waals surface area contributed by atoms with Crippen LogP contribution in [0.4, 0.5) is 26.2 Å². The molecule has 10 heteroatoms. The number of likely N-dealkylation sites (tertiary alicyclic amines) is 1. The van der Waals surface area contributed by atoms with E-state index in [4.69, 9.17) is 11.1 Å². The number of para-hydroxylation sites is 1. The number of hydrogen-bond acceptors (Lipinski definition) is 5. The number of benzene rings is 3. The topological polar surface area (TPSA) is 124 Å². The molecule has 1 fully saturated rings. The molecule has 39 heavy (non-hydrogen) atoms. The van der Waals surface area contributed by atoms with Gasteiger partial charge in [0.15, 0.2) is 5.84 Å². The number of piperidine rings is 1. The van der Waals surface area contributed by atoms with Crippen LogP contribution in [0.2, 0.25) is 0 Å². The van der Waals surface area contributed by atoms with Crippen molar-refractivity contribution in [2.45, 2.75) is 12.8 Å². The maximum Gasteiger partial charge on any atom is 0.321 e. The van der Waals surface area contributed by atoms with Crippen LogP contribution in [0.15, 0.2) is 94.5 Å². The first kappa shape index (κ1) is 27.7. The normalized spacial score (nSPS) is 14.3. The first-order chi connectivity index (χ1) is 18.8. The number of nitrogens with one attached hydrogen (secondary N) is 3. The molecule has 0 spiro atoms. The van der Waals surface area contributed by atoms with E-state index in [0.717, 1.165) is 0 Å². The maximum atomic E-state index is 13.7. The first-order valence-corrected chi connectivity index (χ1v) is 13.2. The Balaban J connectivity index is 1.40. The Labute approximate surface area is 234 Å². The molecular weight excluding hydrogens is 563 g/mol. The fourth-order valence-electron chi connectivity index (χ4n) is 4.15. The predicted molar refractivity (Wildman–Crippen MR) is 156 cm³/mol. The number of nitrogens with zero attached hydrogens (tertiary/aromatic N) is 2. The smallest absolute Gasteiger partial charge is 0.321 e. The lowest BCUT2D eigenvalue weighted by atomic mass is 9.91. The van der Waals surface area contributed by atoms with E-state index in [1.54, 1.807) is 53.4 Å². The molecule has 5 N–H and O–H groups in total. The van der Waals surface area contributed by atoms with Gasteiger partial charge < -0.3 is 26.7 Å². The number of hydrogen-bond donors (Lipinski definition) is 4. The SMILES string of the molecule is N=C(/C=C\N)c1ccc(NC(=O)N2CCC(C(=O)/C(=N/c3ccccc3)Nc3ccc(F)c(Br)c3)CC2)cc1. The molecule has 0 aromatic heterocycles. The summed E-state index contributed by atoms with van der Waals surface area (Å²) in [4.78, 5) is 32.6. The third-order valence-electron chi connectivity index (χ3n) is 6.28. The van der Waals surface area contributed by atoms with Crippen molar-refractivity contribution in [3.63, 3.8) is 0 Å². The number of allylic oxidation sites excluding steroid dienone is 1. The average Bonchev–Trinajstić information content (AvgIpc) is 2.95. The Bertz CT molecular complexity index is 1400. The van der Waals surface area contributed by atoms with Gasteiger partial charge in [0.2, 0.25) is 5.78 Å². The molecule has 4 rings (SSSR count). The predicted octanol–water partition coefficient (Wildman–Crippen LogP) is 6.08. The Hall–Kier alpha value is -4.31. The lowest BCUT2D eigenvalue weighted by Gasteiger charge is -2.31. The molecule has 0 atom stereocenters. The number of carbonyl (C=O) groups excluding carboxylic acids is 2. The van der Waals surface area contributed by atoms with Crippen molar-refractivity contribution >= 4 is 56.4 Å². The zero-order chi connectivity index (χ0) is 27.8. The molecule has 1 aliphatic rings. The van der Waals surface area contributed by atoms with E-state index < -0.39 is 5.82 Å². The molecule has 0 saturated carbocycles. The fourth-order valence-corrected chi connectivity index (χ4v) is 4.53. The van der Waals surface area contributed by atoms with E-state index in [0.29, 0.717) is 48.6 Å². The molecule has 3 aromatic carbocycles. The van der Waals surface area contributed by atoms with Crippen LogP contribution in [0, 0.1) is 17.1 Å². The molecular formula is C29H28BrFN6O2. The van der Waals surface area contributed by atoms with Crippen LogP contribution in [-0.4, -0.2) is 41.4 Å². The lowest BCUT2D eigenvalue weighted by Crippen LogP contribution is -2.44. The highest BCUT2D eigenvalue weighted by Crippen LogP contribution is 2.24. The van der Waals surface area contributed by atoms with Crippen LogP contribution < -0.4 is 16.4 Å². The number of halogens is 2. The number of nitrogens with two attached hydrogens (primary N) is 1. The van der Waals surface area contributed by atoms with Gasteiger partial charge in [-0.25, -0.2) is 14.2 Å². The summed E-state index contributed by atoms with van der Waals surface area (Å²) < 4.78 is 14.0. The number of carbonyl (C=O) groups is 2. The maximum absolute atomic E-state index is 13.7. The van der Waals surface area contributed by atoms with Crippen molar-refractivity contribution in [1.82, 2.24) is 4.90 Å². The number of amides is 2. The van der Waals surface area contributed by atoms with Gasteiger partial charge in [0.25, 0.3) is 0 Å². The van der Waals surface area contributed by atoms with E-state index in [1.165, 1.54) is 18.3 Å². The van der Waals surface area contributed by atoms with Crippen LogP contribution in [0.5, 0.6) is 0 Å². The van der Waals surface area contributed by atoms with Crippen LogP contribution >= 0.6 is 15.9 Å². The van der Waals surface area contributed by atoms with Gasteiger partial charge in [-0.15, -0.1) is 0 Å². The highest BCUT2D eigenvalue weighted by atomic mass is 79.9. The van der Waals surface area contributed by atoms with Gasteiger partial charge in [-0.05, 0) is 89.1 Å². The van der Waals surface area contributed by atoms with E-state index in [2.05, 4.69) is 31.6 Å². The van der Waals surface area contributed by atoms with Crippen molar-refractivity contribution in [3.8, 4) is 0 Å². The number of aliphatic imine (C=N–C) groups is 1. The van der Waals surface area contributed by atoms with Crippen LogP contribution in [0.1, 0.15) is 18.4 Å². The van der Waals surface area contributed by atoms with Crippen LogP contribution in [-0.2, 0) is 4.79 Å². The molecule has 200 valence electrons. The molecule has 3 aromatic rings. The highest BCUT2D eigenvalue weighted by molar-refractivity contribution is 9.10. The van der Waals surface area contributed by atoms with Crippen molar-refractivity contribution in [2.24, 2.45) is 16.6 Å². The Morgan fingerprint density at radius 1 is 1.00 bits per heavy atom. The number of Topliss-reactive ketones (excluding diaryl/α,β-unsaturated/α-hetero) is 1. The minimum Gasteiger partial charge on any atom is -0.405 e.